The smallest absolute Gasteiger partial charge is 0.252 e. The first kappa shape index (κ1) is 20.5. The summed E-state index contributed by atoms with van der Waals surface area (Å²) in [4.78, 5) is 11.4. The van der Waals surface area contributed by atoms with Gasteiger partial charge >= 0.3 is 0 Å². The van der Waals surface area contributed by atoms with Crippen LogP contribution in [0.2, 0.25) is 0 Å². The zero-order valence-corrected chi connectivity index (χ0v) is 17.1. The van der Waals surface area contributed by atoms with E-state index in [1.807, 2.05) is 7.05 Å². The maximum Gasteiger partial charge on any atom is 0.252 e. The molecule has 0 saturated carbocycles. The number of nitrogens with one attached hydrogen (secondary N) is 3. The van der Waals surface area contributed by atoms with Gasteiger partial charge in [0, 0.05) is 55.9 Å². The first-order valence-electron chi connectivity index (χ1n) is 9.69. The predicted octanol–water partition coefficient (Wildman–Crippen LogP) is 2.46. The second-order valence-electron chi connectivity index (χ2n) is 7.60. The van der Waals surface area contributed by atoms with Gasteiger partial charge in [-0.2, -0.15) is 4.98 Å². The number of hydrogen-bond donors (Lipinski definition) is 3. The van der Waals surface area contributed by atoms with Crippen molar-refractivity contribution in [1.82, 2.24) is 20.0 Å². The van der Waals surface area contributed by atoms with E-state index in [1.54, 1.807) is 11.9 Å². The van der Waals surface area contributed by atoms with E-state index in [9.17, 15) is 8.78 Å². The van der Waals surface area contributed by atoms with E-state index in [2.05, 4.69) is 44.1 Å². The molecule has 1 aliphatic heterocycles. The van der Waals surface area contributed by atoms with Crippen LogP contribution in [0, 0.1) is 0 Å². The summed E-state index contributed by atoms with van der Waals surface area (Å²) in [5.74, 6) is -0.610. The number of halogens is 2. The molecular weight excluding hydrogens is 370 g/mol. The normalized spacial score (nSPS) is 21.6. The lowest BCUT2D eigenvalue weighted by molar-refractivity contribution is -0.0127. The van der Waals surface area contributed by atoms with Crippen LogP contribution in [0.15, 0.2) is 0 Å². The van der Waals surface area contributed by atoms with E-state index in [-0.39, 0.29) is 12.8 Å². The molecule has 27 heavy (non-hydrogen) atoms. The lowest BCUT2D eigenvalue weighted by Gasteiger charge is -2.27. The van der Waals surface area contributed by atoms with Crippen molar-refractivity contribution in [3.8, 4) is 0 Å². The van der Waals surface area contributed by atoms with Gasteiger partial charge in [-0.25, -0.2) is 13.8 Å². The van der Waals surface area contributed by atoms with Gasteiger partial charge < -0.3 is 15.5 Å². The molecular formula is C18H30F2N6S. The number of likely N-dealkylation sites (N-methyl/N-ethyl adjacent to an activating group) is 1. The van der Waals surface area contributed by atoms with Crippen molar-refractivity contribution < 1.29 is 8.78 Å². The van der Waals surface area contributed by atoms with Crippen molar-refractivity contribution in [2.45, 2.75) is 57.5 Å². The first-order valence-corrected chi connectivity index (χ1v) is 10.7. The Kier molecular flexibility index (Phi) is 6.75. The van der Waals surface area contributed by atoms with Crippen LogP contribution < -0.4 is 20.3 Å². The van der Waals surface area contributed by atoms with Crippen LogP contribution in [0.5, 0.6) is 0 Å². The van der Waals surface area contributed by atoms with Crippen molar-refractivity contribution in [2.24, 2.45) is 0 Å². The van der Waals surface area contributed by atoms with E-state index >= 15 is 0 Å². The van der Waals surface area contributed by atoms with E-state index in [1.165, 1.54) is 0 Å². The fraction of sp³-hybridized carbons (Fsp3) is 0.778. The zero-order chi connectivity index (χ0) is 19.4. The van der Waals surface area contributed by atoms with Crippen molar-refractivity contribution in [3.63, 3.8) is 0 Å². The Hall–Kier alpha value is -1.19. The summed E-state index contributed by atoms with van der Waals surface area (Å²) < 4.78 is 31.2. The largest absolute Gasteiger partial charge is 0.369 e. The summed E-state index contributed by atoms with van der Waals surface area (Å²) in [6.45, 7) is 6.57. The molecule has 6 nitrogen and oxygen atoms in total. The van der Waals surface area contributed by atoms with Crippen LogP contribution in [0.4, 0.5) is 20.5 Å². The Labute approximate surface area is 164 Å². The number of fused-ring (bicyclic) bond motifs is 1. The summed E-state index contributed by atoms with van der Waals surface area (Å²) >= 11 is 1.63. The van der Waals surface area contributed by atoms with Crippen molar-refractivity contribution in [3.05, 3.63) is 11.3 Å². The highest BCUT2D eigenvalue weighted by Gasteiger charge is 2.37. The maximum absolute atomic E-state index is 14.0. The van der Waals surface area contributed by atoms with Gasteiger partial charge in [-0.15, -0.1) is 0 Å². The standard InChI is InChI=1S/C18H30F2N6S/c1-12(2)25-27-9-7-22-16-14-10-18(19,20)6-4-15(14)23-17(24-16)26-8-5-13(11-26)21-3/h12-13,21,25H,4-11H2,1-3H3,(H,22,23,24)/t13-/m1/s1. The fourth-order valence-corrected chi connectivity index (χ4v) is 4.12. The third-order valence-corrected chi connectivity index (χ3v) is 5.99. The van der Waals surface area contributed by atoms with Crippen molar-refractivity contribution in [1.29, 1.82) is 0 Å². The molecule has 152 valence electrons. The molecule has 3 rings (SSSR count). The van der Waals surface area contributed by atoms with Gasteiger partial charge in [0.05, 0.1) is 5.69 Å². The summed E-state index contributed by atoms with van der Waals surface area (Å²) in [6.07, 6.45) is 0.930. The van der Waals surface area contributed by atoms with E-state index < -0.39 is 5.92 Å². The summed E-state index contributed by atoms with van der Waals surface area (Å²) in [7, 11) is 1.96. The van der Waals surface area contributed by atoms with Crippen LogP contribution in [0.25, 0.3) is 0 Å². The lowest BCUT2D eigenvalue weighted by Crippen LogP contribution is -2.32. The van der Waals surface area contributed by atoms with Gasteiger partial charge in [0.1, 0.15) is 5.82 Å². The second-order valence-corrected chi connectivity index (χ2v) is 8.53. The van der Waals surface area contributed by atoms with Gasteiger partial charge in [0.2, 0.25) is 5.95 Å². The van der Waals surface area contributed by atoms with Crippen LogP contribution in [-0.4, -0.2) is 60.4 Å². The molecule has 1 aliphatic carbocycles. The molecule has 1 fully saturated rings. The lowest BCUT2D eigenvalue weighted by atomic mass is 9.93. The fourth-order valence-electron chi connectivity index (χ4n) is 3.47. The SMILES string of the molecule is CN[C@@H]1CCN(c2nc3c(c(NCCSNC(C)C)n2)CC(F)(F)CC3)C1. The number of nitrogens with zero attached hydrogens (tertiary/aromatic N) is 3. The molecule has 3 N–H and O–H groups in total. The van der Waals surface area contributed by atoms with Gasteiger partial charge in [0.15, 0.2) is 0 Å². The average molecular weight is 401 g/mol. The molecule has 0 unspecified atom stereocenters. The van der Waals surface area contributed by atoms with Gasteiger partial charge in [-0.05, 0) is 33.7 Å². The zero-order valence-electron chi connectivity index (χ0n) is 16.3. The van der Waals surface area contributed by atoms with E-state index in [0.717, 1.165) is 31.0 Å². The van der Waals surface area contributed by atoms with Gasteiger partial charge in [-0.1, -0.05) is 11.9 Å². The Balaban J connectivity index is 1.75. The summed E-state index contributed by atoms with van der Waals surface area (Å²) in [6, 6.07) is 0.825. The molecule has 2 aliphatic rings. The molecule has 1 saturated heterocycles. The topological polar surface area (TPSA) is 65.1 Å². The summed E-state index contributed by atoms with van der Waals surface area (Å²) in [5, 5.41) is 6.57. The molecule has 1 aromatic rings. The van der Waals surface area contributed by atoms with E-state index in [0.29, 0.717) is 42.4 Å². The number of rotatable bonds is 8. The Morgan fingerprint density at radius 2 is 2.15 bits per heavy atom. The van der Waals surface area contributed by atoms with Crippen LogP contribution >= 0.6 is 11.9 Å². The van der Waals surface area contributed by atoms with Gasteiger partial charge in [-0.3, -0.25) is 4.72 Å². The minimum absolute atomic E-state index is 0.136. The third-order valence-electron chi connectivity index (χ3n) is 4.94. The van der Waals surface area contributed by atoms with Crippen LogP contribution in [0.1, 0.15) is 37.9 Å². The minimum atomic E-state index is -2.67. The number of anilines is 2. The Morgan fingerprint density at radius 3 is 2.85 bits per heavy atom. The number of hydrogen-bond acceptors (Lipinski definition) is 7. The Morgan fingerprint density at radius 1 is 1.33 bits per heavy atom. The molecule has 0 bridgehead atoms. The molecule has 1 aromatic heterocycles. The average Bonchev–Trinajstić information content (AvgIpc) is 3.10. The third kappa shape index (κ3) is 5.42. The monoisotopic (exact) mass is 400 g/mol. The number of aryl methyl sites for hydroxylation is 1. The highest BCUT2D eigenvalue weighted by Crippen LogP contribution is 2.36. The molecule has 0 amide bonds. The van der Waals surface area contributed by atoms with Gasteiger partial charge in [0.25, 0.3) is 5.92 Å². The quantitative estimate of drug-likeness (QED) is 0.458. The Bertz CT molecular complexity index is 643. The molecule has 0 radical (unpaired) electrons. The first-order chi connectivity index (χ1) is 12.9. The highest BCUT2D eigenvalue weighted by molar-refractivity contribution is 7.97. The second kappa shape index (κ2) is 8.87. The van der Waals surface area contributed by atoms with Crippen LogP contribution in [0.3, 0.4) is 0 Å². The maximum atomic E-state index is 14.0. The van der Waals surface area contributed by atoms with Crippen molar-refractivity contribution in [2.75, 3.05) is 42.7 Å². The molecule has 0 aromatic carbocycles. The van der Waals surface area contributed by atoms with E-state index in [4.69, 9.17) is 0 Å². The molecule has 9 heteroatoms. The highest BCUT2D eigenvalue weighted by atomic mass is 32.2. The van der Waals surface area contributed by atoms with Crippen molar-refractivity contribution >= 4 is 23.7 Å². The predicted molar refractivity (Wildman–Crippen MR) is 108 cm³/mol. The van der Waals surface area contributed by atoms with Crippen LogP contribution in [-0.2, 0) is 12.8 Å². The number of alkyl halides is 2. The number of aromatic nitrogens is 2. The molecule has 2 heterocycles. The summed E-state index contributed by atoms with van der Waals surface area (Å²) in [5.41, 5.74) is 1.36. The molecule has 1 atom stereocenters. The molecule has 0 spiro atoms. The minimum Gasteiger partial charge on any atom is -0.369 e.